The number of hydrogen-bond donors (Lipinski definition) is 0. The van der Waals surface area contributed by atoms with E-state index in [0.717, 1.165) is 17.6 Å². The van der Waals surface area contributed by atoms with E-state index in [0.29, 0.717) is 5.92 Å². The quantitative estimate of drug-likeness (QED) is 0.0972. The highest BCUT2D eigenvalue weighted by molar-refractivity contribution is 14.1. The predicted octanol–water partition coefficient (Wildman–Crippen LogP) is 6.53. The van der Waals surface area contributed by atoms with Crippen LogP contribution in [0.3, 0.4) is 0 Å². The smallest absolute Gasteiger partial charge is 0.140 e. The highest BCUT2D eigenvalue weighted by atomic mass is 127. The molecule has 0 aromatic heterocycles. The fourth-order valence-electron chi connectivity index (χ4n) is 3.89. The van der Waals surface area contributed by atoms with Crippen molar-refractivity contribution in [2.75, 3.05) is 26.2 Å². The van der Waals surface area contributed by atoms with Gasteiger partial charge in [-0.25, -0.2) is 0 Å². The molecule has 2 unspecified atom stereocenters. The van der Waals surface area contributed by atoms with Crippen molar-refractivity contribution < 1.29 is 4.48 Å². The molecule has 1 nitrogen and oxygen atoms in total. The molecule has 1 aliphatic carbocycles. The molecule has 0 saturated heterocycles. The van der Waals surface area contributed by atoms with Crippen molar-refractivity contribution in [3.8, 4) is 12.3 Å². The summed E-state index contributed by atoms with van der Waals surface area (Å²) < 4.78 is 1.30. The molecule has 0 bridgehead atoms. The van der Waals surface area contributed by atoms with E-state index in [1.807, 2.05) is 0 Å². The van der Waals surface area contributed by atoms with E-state index in [-0.39, 0.29) is 3.42 Å². The fourth-order valence-corrected chi connectivity index (χ4v) is 5.03. The fraction of sp³-hybridized carbons (Fsp3) is 0.739. The van der Waals surface area contributed by atoms with Gasteiger partial charge in [0, 0.05) is 0 Å². The summed E-state index contributed by atoms with van der Waals surface area (Å²) in [7, 11) is 0. The van der Waals surface area contributed by atoms with Crippen molar-refractivity contribution in [2.24, 2.45) is 5.92 Å². The lowest BCUT2D eigenvalue weighted by Crippen LogP contribution is -2.57. The zero-order valence-corrected chi connectivity index (χ0v) is 18.9. The third-order valence-corrected chi connectivity index (χ3v) is 7.30. The second kappa shape index (κ2) is 12.2. The van der Waals surface area contributed by atoms with E-state index >= 15 is 0 Å². The first-order valence-corrected chi connectivity index (χ1v) is 11.4. The van der Waals surface area contributed by atoms with E-state index in [1.165, 1.54) is 64.5 Å². The average Bonchev–Trinajstić information content (AvgIpc) is 2.59. The number of alkyl halides is 1. The molecule has 0 saturated carbocycles. The molecular weight excluding hydrogens is 417 g/mol. The maximum Gasteiger partial charge on any atom is 0.140 e. The van der Waals surface area contributed by atoms with Crippen molar-refractivity contribution >= 4 is 22.6 Å². The molecule has 0 aromatic carbocycles. The van der Waals surface area contributed by atoms with Crippen LogP contribution < -0.4 is 0 Å². The maximum atomic E-state index is 5.86. The van der Waals surface area contributed by atoms with Crippen LogP contribution in [0.2, 0.25) is 0 Å². The molecular formula is C23H39IN+. The first-order valence-electron chi connectivity index (χ1n) is 10.4. The Balaban J connectivity index is 2.86. The summed E-state index contributed by atoms with van der Waals surface area (Å²) in [4.78, 5) is 0. The molecule has 0 aliphatic heterocycles. The van der Waals surface area contributed by atoms with Gasteiger partial charge in [0.1, 0.15) is 6.54 Å². The Labute approximate surface area is 171 Å². The Hall–Kier alpha value is -0.270. The van der Waals surface area contributed by atoms with Gasteiger partial charge in [0.05, 0.1) is 23.1 Å². The molecule has 0 fully saturated rings. The lowest BCUT2D eigenvalue weighted by atomic mass is 9.88. The maximum absolute atomic E-state index is 5.86. The molecule has 0 aromatic rings. The monoisotopic (exact) mass is 456 g/mol. The summed E-state index contributed by atoms with van der Waals surface area (Å²) in [6.45, 7) is 11.5. The van der Waals surface area contributed by atoms with Gasteiger partial charge < -0.3 is 4.48 Å². The number of terminal acetylenes is 1. The number of unbranched alkanes of at least 4 members (excludes halogenated alkanes) is 6. The number of rotatable bonds is 13. The Morgan fingerprint density at radius 3 is 2.08 bits per heavy atom. The minimum atomic E-state index is 0.193. The van der Waals surface area contributed by atoms with E-state index in [2.05, 4.69) is 73.6 Å². The lowest BCUT2D eigenvalue weighted by Gasteiger charge is -2.44. The Morgan fingerprint density at radius 2 is 1.60 bits per heavy atom. The standard InChI is InChI=1S/C23H39IN/c1-5-8-10-14-19-25(18-7-3,20-15-11-9-6-2)21-23(24)17-13-12-16-22(23)4/h3,12-13,16-17,22H,5-6,8-11,14-15,18-21H2,1-2,4H3/q+1. The summed E-state index contributed by atoms with van der Waals surface area (Å²) in [5.41, 5.74) is 0. The Morgan fingerprint density at radius 1 is 1.00 bits per heavy atom. The summed E-state index contributed by atoms with van der Waals surface area (Å²) in [6.07, 6.45) is 25.6. The molecule has 0 heterocycles. The van der Waals surface area contributed by atoms with Gasteiger partial charge in [-0.15, -0.1) is 6.42 Å². The molecule has 0 amide bonds. The zero-order chi connectivity index (χ0) is 18.6. The van der Waals surface area contributed by atoms with E-state index in [1.54, 1.807) is 0 Å². The highest BCUT2D eigenvalue weighted by Gasteiger charge is 2.40. The van der Waals surface area contributed by atoms with Crippen LogP contribution in [0.5, 0.6) is 0 Å². The number of nitrogens with zero attached hydrogens (tertiary/aromatic N) is 1. The second-order valence-corrected chi connectivity index (χ2v) is 9.90. The third-order valence-electron chi connectivity index (χ3n) is 5.62. The molecule has 0 spiro atoms. The van der Waals surface area contributed by atoms with Gasteiger partial charge in [0.2, 0.25) is 0 Å². The van der Waals surface area contributed by atoms with Crippen LogP contribution in [0.1, 0.15) is 72.1 Å². The summed E-state index contributed by atoms with van der Waals surface area (Å²) >= 11 is 2.70. The van der Waals surface area contributed by atoms with Crippen LogP contribution in [-0.2, 0) is 0 Å². The van der Waals surface area contributed by atoms with Crippen LogP contribution in [0.25, 0.3) is 0 Å². The summed E-state index contributed by atoms with van der Waals surface area (Å²) in [5, 5.41) is 0. The van der Waals surface area contributed by atoms with Crippen LogP contribution >= 0.6 is 22.6 Å². The summed E-state index contributed by atoms with van der Waals surface area (Å²) in [5.74, 6) is 3.61. The number of halogens is 1. The lowest BCUT2D eigenvalue weighted by molar-refractivity contribution is -0.923. The van der Waals surface area contributed by atoms with Crippen LogP contribution in [0.15, 0.2) is 24.3 Å². The van der Waals surface area contributed by atoms with E-state index in [9.17, 15) is 0 Å². The largest absolute Gasteiger partial charge is 0.312 e. The van der Waals surface area contributed by atoms with Crippen molar-refractivity contribution in [2.45, 2.75) is 75.6 Å². The Kier molecular flexibility index (Phi) is 11.1. The molecule has 0 N–H and O–H groups in total. The van der Waals surface area contributed by atoms with Gasteiger partial charge in [0.25, 0.3) is 0 Å². The van der Waals surface area contributed by atoms with Crippen molar-refractivity contribution in [1.82, 2.24) is 0 Å². The molecule has 2 atom stereocenters. The predicted molar refractivity (Wildman–Crippen MR) is 121 cm³/mol. The SMILES string of the molecule is C#CC[N+](CCCCCC)(CCCCCC)CC1(I)C=CC=CC1C. The molecule has 0 radical (unpaired) electrons. The normalized spacial score (nSPS) is 22.9. The van der Waals surface area contributed by atoms with E-state index in [4.69, 9.17) is 6.42 Å². The van der Waals surface area contributed by atoms with Crippen LogP contribution in [0, 0.1) is 18.3 Å². The first kappa shape index (κ1) is 22.8. The average molecular weight is 456 g/mol. The minimum Gasteiger partial charge on any atom is -0.312 e. The van der Waals surface area contributed by atoms with Crippen molar-refractivity contribution in [3.63, 3.8) is 0 Å². The van der Waals surface area contributed by atoms with Crippen LogP contribution in [-0.4, -0.2) is 34.1 Å². The zero-order valence-electron chi connectivity index (χ0n) is 16.8. The molecule has 25 heavy (non-hydrogen) atoms. The molecule has 1 rings (SSSR count). The van der Waals surface area contributed by atoms with Crippen molar-refractivity contribution in [3.05, 3.63) is 24.3 Å². The van der Waals surface area contributed by atoms with Gasteiger partial charge in [-0.2, -0.15) is 0 Å². The van der Waals surface area contributed by atoms with Gasteiger partial charge in [-0.1, -0.05) is 93.3 Å². The molecule has 142 valence electrons. The third kappa shape index (κ3) is 7.87. The molecule has 1 aliphatic rings. The first-order chi connectivity index (χ1) is 12.0. The van der Waals surface area contributed by atoms with Gasteiger partial charge >= 0.3 is 0 Å². The van der Waals surface area contributed by atoms with Gasteiger partial charge in [-0.3, -0.25) is 0 Å². The second-order valence-electron chi connectivity index (χ2n) is 7.89. The topological polar surface area (TPSA) is 0 Å². The van der Waals surface area contributed by atoms with Crippen molar-refractivity contribution in [1.29, 1.82) is 0 Å². The number of quaternary nitrogens is 1. The van der Waals surface area contributed by atoms with Gasteiger partial charge in [-0.05, 0) is 37.5 Å². The minimum absolute atomic E-state index is 0.193. The summed E-state index contributed by atoms with van der Waals surface area (Å²) in [6, 6.07) is 0. The van der Waals surface area contributed by atoms with E-state index < -0.39 is 0 Å². The molecule has 2 heteroatoms. The van der Waals surface area contributed by atoms with Gasteiger partial charge in [0.15, 0.2) is 0 Å². The Bertz CT molecular complexity index is 447. The highest BCUT2D eigenvalue weighted by Crippen LogP contribution is 2.37. The number of hydrogen-bond acceptors (Lipinski definition) is 0. The van der Waals surface area contributed by atoms with Crippen LogP contribution in [0.4, 0.5) is 0 Å². The number of allylic oxidation sites excluding steroid dienone is 3.